The van der Waals surface area contributed by atoms with Gasteiger partial charge in [-0.05, 0) is 52.3 Å². The molecule has 1 fully saturated rings. The molecule has 0 spiro atoms. The molecular weight excluding hydrogens is 634 g/mol. The zero-order chi connectivity index (χ0) is 33.5. The van der Waals surface area contributed by atoms with Crippen LogP contribution in [0.5, 0.6) is 0 Å². The number of rotatable bonds is 14. The molecule has 2 amide bonds. The lowest BCUT2D eigenvalue weighted by Crippen LogP contribution is -2.71. The van der Waals surface area contributed by atoms with Crippen molar-refractivity contribution in [3.63, 3.8) is 0 Å². The number of benzene rings is 1. The number of β-lactam (4-membered cyclic amide) rings is 1. The van der Waals surface area contributed by atoms with E-state index in [2.05, 4.69) is 10.5 Å². The molecule has 1 N–H and O–H groups in total. The van der Waals surface area contributed by atoms with Crippen LogP contribution in [0.3, 0.4) is 0 Å². The number of hydrogen-bond acceptors (Lipinski definition) is 14. The first-order valence-corrected chi connectivity index (χ1v) is 16.1. The summed E-state index contributed by atoms with van der Waals surface area (Å²) >= 11 is 1.22. The quantitative estimate of drug-likeness (QED) is 0.0563. The molecule has 2 heterocycles. The maximum absolute atomic E-state index is 13.2. The van der Waals surface area contributed by atoms with Crippen LogP contribution in [0.25, 0.3) is 0 Å². The Morgan fingerprint density at radius 3 is 2.38 bits per heavy atom. The number of carbonyl (C=O) groups is 5. The van der Waals surface area contributed by atoms with Gasteiger partial charge in [0, 0.05) is 12.9 Å². The van der Waals surface area contributed by atoms with Crippen molar-refractivity contribution in [2.45, 2.75) is 50.9 Å². The standard InChI is InChI=1S/C28H35N3O12S2/c1-7-42-30-20(19(32)13-43-45(37,38)18-10-8-16(2)9-11-18)23(33)29-21-24(34)31-22(17(12-39-6)14-44-25(21)31)26(35)40-15-41-27(36)28(3,4)5/h8-11,21,25H,7,12-15H2,1-6H3,(H,29,33)/t21?,25-/m0/s1. The van der Waals surface area contributed by atoms with Gasteiger partial charge in [-0.2, -0.15) is 8.42 Å². The Balaban J connectivity index is 1.71. The van der Waals surface area contributed by atoms with Gasteiger partial charge in [0.25, 0.3) is 21.9 Å². The first kappa shape index (κ1) is 35.7. The van der Waals surface area contributed by atoms with Gasteiger partial charge in [0.1, 0.15) is 30.3 Å². The summed E-state index contributed by atoms with van der Waals surface area (Å²) in [5.74, 6) is -4.24. The minimum Gasteiger partial charge on any atom is -0.427 e. The van der Waals surface area contributed by atoms with Crippen molar-refractivity contribution in [2.24, 2.45) is 10.6 Å². The molecule has 0 saturated carbocycles. The number of ether oxygens (including phenoxy) is 3. The number of fused-ring (bicyclic) bond motifs is 1. The average molecular weight is 670 g/mol. The number of aryl methyl sites for hydroxylation is 1. The number of methoxy groups -OCH3 is 1. The van der Waals surface area contributed by atoms with Gasteiger partial charge in [-0.3, -0.25) is 28.3 Å². The van der Waals surface area contributed by atoms with Crippen molar-refractivity contribution < 1.29 is 55.6 Å². The molecule has 17 heteroatoms. The van der Waals surface area contributed by atoms with Crippen LogP contribution in [0.15, 0.2) is 45.6 Å². The van der Waals surface area contributed by atoms with E-state index < -0.39 is 75.6 Å². The van der Waals surface area contributed by atoms with Crippen LogP contribution >= 0.6 is 11.8 Å². The fourth-order valence-corrected chi connectivity index (χ4v) is 6.10. The molecule has 0 aromatic heterocycles. The molecule has 1 aromatic rings. The number of nitrogens with one attached hydrogen (secondary N) is 1. The van der Waals surface area contributed by atoms with Crippen LogP contribution in [0.1, 0.15) is 33.3 Å². The predicted octanol–water partition coefficient (Wildman–Crippen LogP) is 1.05. The highest BCUT2D eigenvalue weighted by Crippen LogP contribution is 2.40. The van der Waals surface area contributed by atoms with Gasteiger partial charge < -0.3 is 24.4 Å². The highest BCUT2D eigenvalue weighted by atomic mass is 32.2. The predicted molar refractivity (Wildman–Crippen MR) is 159 cm³/mol. The van der Waals surface area contributed by atoms with E-state index >= 15 is 0 Å². The van der Waals surface area contributed by atoms with Crippen molar-refractivity contribution in [1.82, 2.24) is 10.2 Å². The SMILES string of the molecule is CCON=C(C(=O)COS(=O)(=O)c1ccc(C)cc1)C(=O)NC1C(=O)N2C(C(=O)OCOC(=O)C(C)(C)C)=C(COC)CS[C@@H]12. The summed E-state index contributed by atoms with van der Waals surface area (Å²) in [6.45, 7) is 6.44. The third kappa shape index (κ3) is 8.68. The van der Waals surface area contributed by atoms with E-state index in [0.717, 1.165) is 10.5 Å². The molecule has 0 bridgehead atoms. The molecule has 3 rings (SSSR count). The number of ketones is 1. The maximum atomic E-state index is 13.2. The fourth-order valence-electron chi connectivity index (χ4n) is 3.91. The van der Waals surface area contributed by atoms with Gasteiger partial charge in [-0.25, -0.2) is 4.79 Å². The number of thioether (sulfide) groups is 1. The number of nitrogens with zero attached hydrogens (tertiary/aromatic N) is 2. The van der Waals surface area contributed by atoms with Gasteiger partial charge in [-0.15, -0.1) is 11.8 Å². The Morgan fingerprint density at radius 2 is 1.78 bits per heavy atom. The first-order chi connectivity index (χ1) is 21.1. The van der Waals surface area contributed by atoms with E-state index in [1.54, 1.807) is 46.8 Å². The third-order valence-corrected chi connectivity index (χ3v) is 8.87. The van der Waals surface area contributed by atoms with E-state index in [4.69, 9.17) is 23.2 Å². The summed E-state index contributed by atoms with van der Waals surface area (Å²) in [6, 6.07) is 4.53. The largest absolute Gasteiger partial charge is 0.427 e. The monoisotopic (exact) mass is 669 g/mol. The van der Waals surface area contributed by atoms with Gasteiger partial charge in [0.05, 0.1) is 16.9 Å². The Hall–Kier alpha value is -3.80. The van der Waals surface area contributed by atoms with E-state index in [0.29, 0.717) is 5.57 Å². The number of Topliss-reactive ketones (excluding diaryl/α,β-unsaturated/α-hetero) is 1. The minimum atomic E-state index is -4.34. The highest BCUT2D eigenvalue weighted by Gasteiger charge is 2.55. The van der Waals surface area contributed by atoms with Crippen molar-refractivity contribution in [3.05, 3.63) is 41.1 Å². The number of oxime groups is 1. The minimum absolute atomic E-state index is 0.00208. The van der Waals surface area contributed by atoms with Gasteiger partial charge >= 0.3 is 11.9 Å². The molecule has 1 unspecified atom stereocenters. The van der Waals surface area contributed by atoms with Crippen molar-refractivity contribution in [2.75, 3.05) is 39.5 Å². The summed E-state index contributed by atoms with van der Waals surface area (Å²) < 4.78 is 45.2. The summed E-state index contributed by atoms with van der Waals surface area (Å²) in [4.78, 5) is 70.0. The van der Waals surface area contributed by atoms with Crippen molar-refractivity contribution in [3.8, 4) is 0 Å². The molecule has 2 aliphatic heterocycles. The van der Waals surface area contributed by atoms with E-state index in [-0.39, 0.29) is 29.6 Å². The molecule has 246 valence electrons. The average Bonchev–Trinajstić information content (AvgIpc) is 2.98. The zero-order valence-electron chi connectivity index (χ0n) is 25.6. The molecule has 0 aliphatic carbocycles. The van der Waals surface area contributed by atoms with Crippen LogP contribution in [-0.4, -0.2) is 99.5 Å². The van der Waals surface area contributed by atoms with E-state index in [9.17, 15) is 32.4 Å². The van der Waals surface area contributed by atoms with Gasteiger partial charge in [0.2, 0.25) is 18.3 Å². The van der Waals surface area contributed by atoms with Crippen LogP contribution in [0, 0.1) is 12.3 Å². The highest BCUT2D eigenvalue weighted by molar-refractivity contribution is 8.00. The summed E-state index contributed by atoms with van der Waals surface area (Å²) in [5.41, 5.74) is -0.518. The van der Waals surface area contributed by atoms with Crippen molar-refractivity contribution in [1.29, 1.82) is 0 Å². The first-order valence-electron chi connectivity index (χ1n) is 13.6. The second-order valence-electron chi connectivity index (χ2n) is 10.8. The van der Waals surface area contributed by atoms with E-state index in [1.165, 1.54) is 31.0 Å². The summed E-state index contributed by atoms with van der Waals surface area (Å²) in [7, 11) is -2.93. The molecule has 0 radical (unpaired) electrons. The number of hydrogen-bond donors (Lipinski definition) is 1. The Kier molecular flexibility index (Phi) is 11.9. The van der Waals surface area contributed by atoms with Crippen LogP contribution in [-0.2, 0) is 57.3 Å². The van der Waals surface area contributed by atoms with Crippen LogP contribution in [0.2, 0.25) is 0 Å². The summed E-state index contributed by atoms with van der Waals surface area (Å²) in [5, 5.41) is 5.15. The van der Waals surface area contributed by atoms with Crippen LogP contribution < -0.4 is 5.32 Å². The molecule has 2 aliphatic rings. The number of esters is 2. The Bertz CT molecular complexity index is 1500. The van der Waals surface area contributed by atoms with E-state index in [1.807, 2.05) is 0 Å². The molecule has 2 atom stereocenters. The lowest BCUT2D eigenvalue weighted by atomic mass is 9.98. The smallest absolute Gasteiger partial charge is 0.358 e. The van der Waals surface area contributed by atoms with Crippen LogP contribution in [0.4, 0.5) is 0 Å². The Labute approximate surface area is 264 Å². The number of carbonyl (C=O) groups excluding carboxylic acids is 5. The topological polar surface area (TPSA) is 193 Å². The fraction of sp³-hybridized carbons (Fsp3) is 0.500. The van der Waals surface area contributed by atoms with Gasteiger partial charge in [0.15, 0.2) is 0 Å². The summed E-state index contributed by atoms with van der Waals surface area (Å²) in [6.07, 6.45) is 0. The normalized spacial score (nSPS) is 18.5. The Morgan fingerprint density at radius 1 is 1.11 bits per heavy atom. The lowest BCUT2D eigenvalue weighted by Gasteiger charge is -2.49. The molecule has 15 nitrogen and oxygen atoms in total. The van der Waals surface area contributed by atoms with Crippen molar-refractivity contribution >= 4 is 57.1 Å². The second-order valence-corrected chi connectivity index (χ2v) is 13.5. The zero-order valence-corrected chi connectivity index (χ0v) is 27.2. The van der Waals surface area contributed by atoms with Gasteiger partial charge in [-0.1, -0.05) is 22.9 Å². The molecule has 1 aromatic carbocycles. The molecule has 45 heavy (non-hydrogen) atoms. The number of amides is 2. The maximum Gasteiger partial charge on any atom is 0.358 e. The molecule has 1 saturated heterocycles. The second kappa shape index (κ2) is 15.0. The lowest BCUT2D eigenvalue weighted by molar-refractivity contribution is -0.173. The molecular formula is C28H35N3O12S2. The third-order valence-electron chi connectivity index (χ3n) is 6.26.